The first-order valence-corrected chi connectivity index (χ1v) is 15.0. The number of carboxylic acids is 1. The van der Waals surface area contributed by atoms with E-state index in [1.807, 2.05) is 0 Å². The number of hydrogen-bond donors (Lipinski definition) is 2. The molecule has 1 heterocycles. The molecule has 1 aromatic rings. The Balaban J connectivity index is 1.45. The number of alkyl halides is 3. The number of aromatic nitrogens is 2. The smallest absolute Gasteiger partial charge is 0.435 e. The normalized spacial score (nSPS) is 46.3. The van der Waals surface area contributed by atoms with Crippen LogP contribution in [0, 0.1) is 51.2 Å². The molecule has 5 aliphatic rings. The zero-order chi connectivity index (χ0) is 28.6. The van der Waals surface area contributed by atoms with E-state index in [0.717, 1.165) is 50.5 Å². The average Bonchev–Trinajstić information content (AvgIpc) is 3.42. The summed E-state index contributed by atoms with van der Waals surface area (Å²) in [6.07, 6.45) is 3.04. The third kappa shape index (κ3) is 3.19. The molecule has 6 rings (SSSR count). The summed E-state index contributed by atoms with van der Waals surface area (Å²) < 4.78 is 42.3. The van der Waals surface area contributed by atoms with Crippen LogP contribution in [0.25, 0.3) is 0 Å². The molecule has 5 aliphatic carbocycles. The Morgan fingerprint density at radius 3 is 2.28 bits per heavy atom. The maximum Gasteiger partial charge on any atom is 0.435 e. The van der Waals surface area contributed by atoms with Gasteiger partial charge in [0, 0.05) is 16.7 Å². The highest BCUT2D eigenvalue weighted by Gasteiger charge is 2.72. The molecule has 0 aromatic carbocycles. The highest BCUT2D eigenvalue weighted by molar-refractivity contribution is 5.76. The molecular formula is C32H45F3N2O2. The van der Waals surface area contributed by atoms with Gasteiger partial charge in [-0.2, -0.15) is 18.3 Å². The number of aromatic amines is 1. The molecule has 4 fully saturated rings. The van der Waals surface area contributed by atoms with Crippen molar-refractivity contribution in [2.24, 2.45) is 51.2 Å². The third-order valence-corrected chi connectivity index (χ3v) is 14.0. The van der Waals surface area contributed by atoms with Crippen LogP contribution in [0.5, 0.6) is 0 Å². The first kappa shape index (κ1) is 27.4. The molecule has 2 N–H and O–H groups in total. The van der Waals surface area contributed by atoms with Crippen molar-refractivity contribution in [2.45, 2.75) is 111 Å². The number of hydrogen-bond acceptors (Lipinski definition) is 2. The van der Waals surface area contributed by atoms with Crippen LogP contribution in [0.2, 0.25) is 0 Å². The SMILES string of the molecule is C=C(C)[C@@H]1CC[C@]2(C(=O)O)CC[C@]3(C)[C@H](CC[C@@H]4[C@@]5(C)Cc6c(C(F)(F)F)n[nH]c6C(C)(C)[C@@H]5CC[C@]43C)[C@@H]12. The molecule has 7 heteroatoms. The maximum atomic E-state index is 14.1. The zero-order valence-electron chi connectivity index (χ0n) is 24.4. The summed E-state index contributed by atoms with van der Waals surface area (Å²) in [5.41, 5.74) is -0.102. The molecule has 0 aliphatic heterocycles. The summed E-state index contributed by atoms with van der Waals surface area (Å²) in [4.78, 5) is 12.9. The molecule has 39 heavy (non-hydrogen) atoms. The lowest BCUT2D eigenvalue weighted by Gasteiger charge is -2.72. The number of rotatable bonds is 2. The molecule has 0 amide bonds. The lowest BCUT2D eigenvalue weighted by atomic mass is 9.32. The summed E-state index contributed by atoms with van der Waals surface area (Å²) in [7, 11) is 0. The number of fused-ring (bicyclic) bond motifs is 8. The fraction of sp³-hybridized carbons (Fsp3) is 0.812. The van der Waals surface area contributed by atoms with Crippen molar-refractivity contribution >= 4 is 5.97 Å². The van der Waals surface area contributed by atoms with Crippen LogP contribution in [0.4, 0.5) is 13.2 Å². The van der Waals surface area contributed by atoms with Crippen LogP contribution in [0.1, 0.15) is 110 Å². The summed E-state index contributed by atoms with van der Waals surface area (Å²) >= 11 is 0. The Kier molecular flexibility index (Phi) is 5.57. The summed E-state index contributed by atoms with van der Waals surface area (Å²) in [5.74, 6) is 0.509. The van der Waals surface area contributed by atoms with Crippen LogP contribution in [0.15, 0.2) is 12.2 Å². The highest BCUT2D eigenvalue weighted by atomic mass is 19.4. The van der Waals surface area contributed by atoms with Gasteiger partial charge in [-0.15, -0.1) is 0 Å². The molecule has 0 spiro atoms. The van der Waals surface area contributed by atoms with Gasteiger partial charge in [-0.1, -0.05) is 46.8 Å². The lowest BCUT2D eigenvalue weighted by Crippen LogP contribution is -2.67. The van der Waals surface area contributed by atoms with Crippen LogP contribution in [0.3, 0.4) is 0 Å². The second-order valence-electron chi connectivity index (χ2n) is 15.5. The average molecular weight is 547 g/mol. The monoisotopic (exact) mass is 546 g/mol. The van der Waals surface area contributed by atoms with Gasteiger partial charge in [0.2, 0.25) is 0 Å². The molecule has 1 aromatic heterocycles. The van der Waals surface area contributed by atoms with Crippen molar-refractivity contribution in [2.75, 3.05) is 0 Å². The van der Waals surface area contributed by atoms with Crippen LogP contribution in [-0.4, -0.2) is 21.3 Å². The first-order chi connectivity index (χ1) is 17.9. The molecule has 0 radical (unpaired) electrons. The largest absolute Gasteiger partial charge is 0.481 e. The number of nitrogens with zero attached hydrogens (tertiary/aromatic N) is 1. The van der Waals surface area contributed by atoms with Gasteiger partial charge >= 0.3 is 12.1 Å². The Labute approximate surface area is 230 Å². The summed E-state index contributed by atoms with van der Waals surface area (Å²) in [6, 6.07) is 0. The molecule has 4 saturated carbocycles. The van der Waals surface area contributed by atoms with Crippen LogP contribution >= 0.6 is 0 Å². The summed E-state index contributed by atoms with van der Waals surface area (Å²) in [5, 5.41) is 17.2. The summed E-state index contributed by atoms with van der Waals surface area (Å²) in [6.45, 7) is 17.7. The Hall–Kier alpha value is -1.79. The van der Waals surface area contributed by atoms with Crippen LogP contribution < -0.4 is 0 Å². The Morgan fingerprint density at radius 1 is 0.974 bits per heavy atom. The van der Waals surface area contributed by atoms with Gasteiger partial charge in [-0.25, -0.2) is 0 Å². The number of halogens is 3. The van der Waals surface area contributed by atoms with Crippen molar-refractivity contribution in [3.63, 3.8) is 0 Å². The molecule has 9 atom stereocenters. The van der Waals surface area contributed by atoms with Gasteiger partial charge < -0.3 is 5.11 Å². The van der Waals surface area contributed by atoms with Crippen molar-refractivity contribution < 1.29 is 23.1 Å². The van der Waals surface area contributed by atoms with Gasteiger partial charge in [0.1, 0.15) is 0 Å². The van der Waals surface area contributed by atoms with E-state index in [-0.39, 0.29) is 39.9 Å². The minimum atomic E-state index is -4.48. The number of H-pyrrole nitrogens is 1. The highest BCUT2D eigenvalue weighted by Crippen LogP contribution is 2.77. The fourth-order valence-electron chi connectivity index (χ4n) is 12.2. The Bertz CT molecular complexity index is 1230. The number of carbonyl (C=O) groups is 1. The van der Waals surface area contributed by atoms with E-state index in [9.17, 15) is 23.1 Å². The number of carboxylic acid groups (broad SMARTS) is 1. The molecular weight excluding hydrogens is 501 g/mol. The van der Waals surface area contributed by atoms with E-state index in [0.29, 0.717) is 30.0 Å². The molecule has 0 unspecified atom stereocenters. The fourth-order valence-corrected chi connectivity index (χ4v) is 12.2. The quantitative estimate of drug-likeness (QED) is 0.368. The molecule has 0 saturated heterocycles. The van der Waals surface area contributed by atoms with Crippen molar-refractivity contribution in [1.29, 1.82) is 0 Å². The number of nitrogens with one attached hydrogen (secondary N) is 1. The molecule has 0 bridgehead atoms. The minimum absolute atomic E-state index is 0.0563. The maximum absolute atomic E-state index is 14.1. The van der Waals surface area contributed by atoms with E-state index in [1.165, 1.54) is 0 Å². The molecule has 4 nitrogen and oxygen atoms in total. The second-order valence-corrected chi connectivity index (χ2v) is 15.5. The van der Waals surface area contributed by atoms with Gasteiger partial charge in [0.05, 0.1) is 5.41 Å². The van der Waals surface area contributed by atoms with Gasteiger partial charge in [0.25, 0.3) is 0 Å². The number of aliphatic carboxylic acids is 1. The number of allylic oxidation sites excluding steroid dienone is 1. The van der Waals surface area contributed by atoms with Crippen LogP contribution in [-0.2, 0) is 22.8 Å². The first-order valence-electron chi connectivity index (χ1n) is 15.0. The van der Waals surface area contributed by atoms with Crippen molar-refractivity contribution in [3.8, 4) is 0 Å². The van der Waals surface area contributed by atoms with Crippen molar-refractivity contribution in [1.82, 2.24) is 10.2 Å². The van der Waals surface area contributed by atoms with E-state index < -0.39 is 28.7 Å². The van der Waals surface area contributed by atoms with Gasteiger partial charge in [-0.05, 0) is 111 Å². The van der Waals surface area contributed by atoms with Gasteiger partial charge in [0.15, 0.2) is 5.69 Å². The zero-order valence-corrected chi connectivity index (χ0v) is 24.4. The third-order valence-electron chi connectivity index (χ3n) is 14.0. The predicted octanol–water partition coefficient (Wildman–Crippen LogP) is 8.18. The van der Waals surface area contributed by atoms with Crippen molar-refractivity contribution in [3.05, 3.63) is 29.1 Å². The van der Waals surface area contributed by atoms with Gasteiger partial charge in [-0.3, -0.25) is 9.89 Å². The lowest BCUT2D eigenvalue weighted by molar-refractivity contribution is -0.228. The topological polar surface area (TPSA) is 66.0 Å². The second kappa shape index (κ2) is 7.94. The van der Waals surface area contributed by atoms with E-state index in [4.69, 9.17) is 0 Å². The van der Waals surface area contributed by atoms with E-state index >= 15 is 0 Å². The Morgan fingerprint density at radius 2 is 1.67 bits per heavy atom. The standard InChI is InChI=1S/C32H45F3N2O2/c1-17(2)18-10-13-31(26(38)39)15-14-29(6)20(23(18)31)8-9-22-28(5)16-19-24(36-37-25(19)32(33,34)35)27(3,4)21(28)11-12-30(22,29)7/h18,20-23H,1,8-16H2,2-7H3,(H,36,37)(H,38,39)/t18-,20+,21-,22+,23+,28-,29+,30+,31-/m0/s1. The minimum Gasteiger partial charge on any atom is -0.481 e. The van der Waals surface area contributed by atoms with E-state index in [2.05, 4.69) is 58.3 Å². The van der Waals surface area contributed by atoms with E-state index in [1.54, 1.807) is 0 Å². The molecule has 216 valence electrons. The predicted molar refractivity (Wildman–Crippen MR) is 144 cm³/mol.